The molecule has 0 N–H and O–H groups in total. The molecule has 0 spiro atoms. The fraction of sp³-hybridized carbons (Fsp3) is 0.0476. The number of benzene rings is 2. The lowest BCUT2D eigenvalue weighted by molar-refractivity contribution is 0.584. The smallest absolute Gasteiger partial charge is 0.267 e. The van der Waals surface area contributed by atoms with Crippen molar-refractivity contribution in [3.63, 3.8) is 0 Å². The quantitative estimate of drug-likeness (QED) is 0.441. The number of nitrogens with zero attached hydrogens (tertiary/aromatic N) is 4. The molecule has 4 rings (SSSR count). The molecule has 0 bridgehead atoms. The predicted octanol–water partition coefficient (Wildman–Crippen LogP) is 4.82. The van der Waals surface area contributed by atoms with E-state index in [-0.39, 0.29) is 28.4 Å². The predicted molar refractivity (Wildman–Crippen MR) is 109 cm³/mol. The lowest BCUT2D eigenvalue weighted by Gasteiger charge is -2.12. The number of nitriles is 1. The number of rotatable bonds is 3. The fourth-order valence-corrected chi connectivity index (χ4v) is 3.43. The van der Waals surface area contributed by atoms with Crippen molar-refractivity contribution in [1.29, 1.82) is 5.26 Å². The molecule has 2 aromatic carbocycles. The molecular formula is C21H11Cl2FN4O. The molecule has 8 heteroatoms. The molecule has 2 heterocycles. The SMILES string of the molecule is N#Cc1ccc(Cn2nc(-c3cc(Cl)cnc3F)c3ccccc3c2=O)c(Cl)c1. The van der Waals surface area contributed by atoms with Crippen molar-refractivity contribution in [2.24, 2.45) is 0 Å². The van der Waals surface area contributed by atoms with Crippen LogP contribution in [-0.2, 0) is 6.54 Å². The molecular weight excluding hydrogens is 414 g/mol. The zero-order chi connectivity index (χ0) is 20.5. The minimum Gasteiger partial charge on any atom is -0.267 e. The molecule has 142 valence electrons. The molecule has 0 radical (unpaired) electrons. The van der Waals surface area contributed by atoms with Crippen LogP contribution in [-0.4, -0.2) is 14.8 Å². The first kappa shape index (κ1) is 19.1. The van der Waals surface area contributed by atoms with Gasteiger partial charge in [-0.15, -0.1) is 0 Å². The topological polar surface area (TPSA) is 71.6 Å². The van der Waals surface area contributed by atoms with Gasteiger partial charge in [-0.05, 0) is 29.8 Å². The number of aromatic nitrogens is 3. The highest BCUT2D eigenvalue weighted by atomic mass is 35.5. The normalized spacial score (nSPS) is 10.8. The van der Waals surface area contributed by atoms with Gasteiger partial charge in [0.2, 0.25) is 5.95 Å². The Labute approximate surface area is 174 Å². The standard InChI is InChI=1S/C21H11Cl2FN4O/c22-14-8-17(20(24)26-10-14)19-15-3-1-2-4-16(15)21(29)28(27-19)11-13-6-5-12(9-25)7-18(13)23/h1-8,10H,11H2. The van der Waals surface area contributed by atoms with Crippen LogP contribution in [0.5, 0.6) is 0 Å². The summed E-state index contributed by atoms with van der Waals surface area (Å²) >= 11 is 12.2. The van der Waals surface area contributed by atoms with Gasteiger partial charge in [0.25, 0.3) is 5.56 Å². The van der Waals surface area contributed by atoms with Crippen LogP contribution in [0, 0.1) is 17.3 Å². The third-order valence-electron chi connectivity index (χ3n) is 4.43. The summed E-state index contributed by atoms with van der Waals surface area (Å²) in [5.41, 5.74) is 1.00. The molecule has 0 aliphatic heterocycles. The van der Waals surface area contributed by atoms with Crippen molar-refractivity contribution in [2.45, 2.75) is 6.54 Å². The summed E-state index contributed by atoms with van der Waals surface area (Å²) in [6.07, 6.45) is 1.20. The summed E-state index contributed by atoms with van der Waals surface area (Å²) in [6, 6.07) is 15.0. The summed E-state index contributed by atoms with van der Waals surface area (Å²) in [5, 5.41) is 14.8. The zero-order valence-corrected chi connectivity index (χ0v) is 16.2. The first-order valence-electron chi connectivity index (χ1n) is 8.47. The van der Waals surface area contributed by atoms with Crippen LogP contribution in [0.1, 0.15) is 11.1 Å². The summed E-state index contributed by atoms with van der Waals surface area (Å²) < 4.78 is 15.7. The average molecular weight is 425 g/mol. The minimum absolute atomic E-state index is 0.0524. The third kappa shape index (κ3) is 3.58. The molecule has 0 aliphatic rings. The third-order valence-corrected chi connectivity index (χ3v) is 4.99. The van der Waals surface area contributed by atoms with Gasteiger partial charge in [-0.3, -0.25) is 4.79 Å². The maximum absolute atomic E-state index is 14.4. The largest absolute Gasteiger partial charge is 0.274 e. The summed E-state index contributed by atoms with van der Waals surface area (Å²) in [4.78, 5) is 16.6. The van der Waals surface area contributed by atoms with Crippen LogP contribution in [0.15, 0.2) is 59.5 Å². The Kier molecular flexibility index (Phi) is 5.01. The molecule has 5 nitrogen and oxygen atoms in total. The van der Waals surface area contributed by atoms with Crippen molar-refractivity contribution >= 4 is 34.0 Å². The number of hydrogen-bond donors (Lipinski definition) is 0. The summed E-state index contributed by atoms with van der Waals surface area (Å²) in [6.45, 7) is 0.0524. The van der Waals surface area contributed by atoms with Gasteiger partial charge in [0.05, 0.1) is 34.1 Å². The Balaban J connectivity index is 1.94. The van der Waals surface area contributed by atoms with Crippen molar-refractivity contribution in [3.8, 4) is 17.3 Å². The van der Waals surface area contributed by atoms with Crippen LogP contribution in [0.25, 0.3) is 22.0 Å². The van der Waals surface area contributed by atoms with E-state index >= 15 is 0 Å². The zero-order valence-electron chi connectivity index (χ0n) is 14.7. The number of fused-ring (bicyclic) bond motifs is 1. The Hall–Kier alpha value is -3.27. The summed E-state index contributed by atoms with van der Waals surface area (Å²) in [7, 11) is 0. The van der Waals surface area contributed by atoms with Gasteiger partial charge >= 0.3 is 0 Å². The lowest BCUT2D eigenvalue weighted by Crippen LogP contribution is -2.24. The second-order valence-electron chi connectivity index (χ2n) is 6.27. The Morgan fingerprint density at radius 2 is 1.86 bits per heavy atom. The monoisotopic (exact) mass is 424 g/mol. The van der Waals surface area contributed by atoms with Crippen LogP contribution in [0.3, 0.4) is 0 Å². The highest BCUT2D eigenvalue weighted by Gasteiger charge is 2.17. The van der Waals surface area contributed by atoms with Crippen molar-refractivity contribution in [2.75, 3.05) is 0 Å². The van der Waals surface area contributed by atoms with Gasteiger partial charge in [0.1, 0.15) is 5.69 Å². The number of hydrogen-bond acceptors (Lipinski definition) is 4. The van der Waals surface area contributed by atoms with E-state index in [0.29, 0.717) is 26.9 Å². The van der Waals surface area contributed by atoms with E-state index < -0.39 is 5.95 Å². The Morgan fingerprint density at radius 1 is 1.10 bits per heavy atom. The molecule has 0 atom stereocenters. The molecule has 29 heavy (non-hydrogen) atoms. The van der Waals surface area contributed by atoms with Gasteiger partial charge in [0.15, 0.2) is 0 Å². The highest BCUT2D eigenvalue weighted by Crippen LogP contribution is 2.28. The molecule has 0 aliphatic carbocycles. The van der Waals surface area contributed by atoms with E-state index in [1.54, 1.807) is 36.4 Å². The molecule has 4 aromatic rings. The van der Waals surface area contributed by atoms with E-state index in [1.807, 2.05) is 6.07 Å². The summed E-state index contributed by atoms with van der Waals surface area (Å²) in [5.74, 6) is -0.742. The van der Waals surface area contributed by atoms with E-state index in [2.05, 4.69) is 10.1 Å². The van der Waals surface area contributed by atoms with Crippen molar-refractivity contribution < 1.29 is 4.39 Å². The van der Waals surface area contributed by atoms with Crippen LogP contribution >= 0.6 is 23.2 Å². The van der Waals surface area contributed by atoms with Crippen molar-refractivity contribution in [3.05, 3.63) is 92.2 Å². The Bertz CT molecular complexity index is 1360. The van der Waals surface area contributed by atoms with Gasteiger partial charge in [0, 0.05) is 16.6 Å². The average Bonchev–Trinajstić information content (AvgIpc) is 2.73. The second-order valence-corrected chi connectivity index (χ2v) is 7.11. The first-order chi connectivity index (χ1) is 14.0. The number of pyridine rings is 1. The van der Waals surface area contributed by atoms with Crippen LogP contribution in [0.4, 0.5) is 4.39 Å². The molecule has 2 aromatic heterocycles. The molecule has 0 saturated carbocycles. The van der Waals surface area contributed by atoms with E-state index in [9.17, 15) is 9.18 Å². The maximum atomic E-state index is 14.4. The van der Waals surface area contributed by atoms with Crippen LogP contribution < -0.4 is 5.56 Å². The minimum atomic E-state index is -0.742. The van der Waals surface area contributed by atoms with Crippen molar-refractivity contribution in [1.82, 2.24) is 14.8 Å². The maximum Gasteiger partial charge on any atom is 0.274 e. The van der Waals surface area contributed by atoms with Crippen LogP contribution in [0.2, 0.25) is 10.0 Å². The molecule has 0 unspecified atom stereocenters. The van der Waals surface area contributed by atoms with E-state index in [1.165, 1.54) is 23.0 Å². The van der Waals surface area contributed by atoms with E-state index in [0.717, 1.165) is 0 Å². The molecule has 0 amide bonds. The van der Waals surface area contributed by atoms with Gasteiger partial charge < -0.3 is 0 Å². The molecule has 0 saturated heterocycles. The van der Waals surface area contributed by atoms with Gasteiger partial charge in [-0.25, -0.2) is 9.67 Å². The number of halogens is 3. The van der Waals surface area contributed by atoms with E-state index in [4.69, 9.17) is 28.5 Å². The second kappa shape index (κ2) is 7.63. The van der Waals surface area contributed by atoms with Gasteiger partial charge in [-0.2, -0.15) is 14.8 Å². The highest BCUT2D eigenvalue weighted by molar-refractivity contribution is 6.31. The Morgan fingerprint density at radius 3 is 2.59 bits per heavy atom. The molecule has 0 fully saturated rings. The van der Waals surface area contributed by atoms with Gasteiger partial charge in [-0.1, -0.05) is 47.5 Å². The first-order valence-corrected chi connectivity index (χ1v) is 9.23. The lowest BCUT2D eigenvalue weighted by atomic mass is 10.1. The fourth-order valence-electron chi connectivity index (χ4n) is 3.04.